The van der Waals surface area contributed by atoms with Crippen LogP contribution in [0.2, 0.25) is 0 Å². The number of thiophene rings is 1. The largest absolute Gasteiger partial charge is 0.322 e. The molecule has 3 nitrogen and oxygen atoms in total. The fourth-order valence-corrected chi connectivity index (χ4v) is 3.59. The van der Waals surface area contributed by atoms with Crippen molar-refractivity contribution in [2.45, 2.75) is 19.4 Å². The van der Waals surface area contributed by atoms with Gasteiger partial charge < -0.3 is 5.32 Å². The molecule has 0 aliphatic carbocycles. The van der Waals surface area contributed by atoms with Crippen molar-refractivity contribution < 1.29 is 13.6 Å². The van der Waals surface area contributed by atoms with Crippen LogP contribution in [0, 0.1) is 11.6 Å². The Morgan fingerprint density at radius 1 is 1.11 bits per heavy atom. The molecule has 6 heteroatoms. The summed E-state index contributed by atoms with van der Waals surface area (Å²) in [4.78, 5) is 13.3. The number of carbonyl (C=O) groups is 1. The van der Waals surface area contributed by atoms with E-state index in [2.05, 4.69) is 29.7 Å². The summed E-state index contributed by atoms with van der Waals surface area (Å²) in [5.74, 6) is -1.88. The molecule has 0 bridgehead atoms. The second-order valence-electron chi connectivity index (χ2n) is 6.10. The summed E-state index contributed by atoms with van der Waals surface area (Å²) in [6.07, 6.45) is 0.961. The van der Waals surface area contributed by atoms with E-state index in [9.17, 15) is 13.6 Å². The van der Waals surface area contributed by atoms with Gasteiger partial charge in [-0.05, 0) is 41.1 Å². The molecule has 0 saturated carbocycles. The molecule has 1 heterocycles. The zero-order chi connectivity index (χ0) is 19.2. The Labute approximate surface area is 161 Å². The first-order chi connectivity index (χ1) is 13.1. The van der Waals surface area contributed by atoms with Crippen molar-refractivity contribution in [1.29, 1.82) is 0 Å². The van der Waals surface area contributed by atoms with Crippen LogP contribution in [0.4, 0.5) is 14.5 Å². The highest BCUT2D eigenvalue weighted by Crippen LogP contribution is 2.26. The third kappa shape index (κ3) is 4.99. The number of hydrogen-bond donors (Lipinski definition) is 2. The maximum absolute atomic E-state index is 13.7. The third-order valence-electron chi connectivity index (χ3n) is 4.22. The van der Waals surface area contributed by atoms with Crippen LogP contribution in [0.25, 0.3) is 0 Å². The molecule has 0 aliphatic heterocycles. The van der Waals surface area contributed by atoms with Crippen LogP contribution >= 0.6 is 11.3 Å². The maximum atomic E-state index is 13.7. The Balaban J connectivity index is 1.70. The van der Waals surface area contributed by atoms with Crippen LogP contribution < -0.4 is 10.6 Å². The molecule has 3 rings (SSSR count). The summed E-state index contributed by atoms with van der Waals surface area (Å²) in [6, 6.07) is 15.1. The number of benzene rings is 2. The lowest BCUT2D eigenvalue weighted by atomic mass is 10.0. The molecular weight excluding hydrogens is 366 g/mol. The van der Waals surface area contributed by atoms with E-state index >= 15 is 0 Å². The normalized spacial score (nSPS) is 12.0. The Morgan fingerprint density at radius 3 is 2.52 bits per heavy atom. The molecule has 0 unspecified atom stereocenters. The summed E-state index contributed by atoms with van der Waals surface area (Å²) >= 11 is 1.60. The van der Waals surface area contributed by atoms with Gasteiger partial charge in [-0.2, -0.15) is 0 Å². The van der Waals surface area contributed by atoms with Gasteiger partial charge >= 0.3 is 0 Å². The molecule has 1 aromatic heterocycles. The summed E-state index contributed by atoms with van der Waals surface area (Å²) in [5, 5.41) is 7.68. The lowest BCUT2D eigenvalue weighted by Gasteiger charge is -2.18. The fraction of sp³-hybridized carbons (Fsp3) is 0.190. The highest BCUT2D eigenvalue weighted by atomic mass is 32.1. The van der Waals surface area contributed by atoms with Crippen molar-refractivity contribution in [2.75, 3.05) is 11.9 Å². The summed E-state index contributed by atoms with van der Waals surface area (Å²) in [5.41, 5.74) is 2.26. The van der Waals surface area contributed by atoms with E-state index in [0.29, 0.717) is 0 Å². The van der Waals surface area contributed by atoms with Crippen LogP contribution in [-0.2, 0) is 11.2 Å². The van der Waals surface area contributed by atoms with E-state index < -0.39 is 17.5 Å². The van der Waals surface area contributed by atoms with Gasteiger partial charge in [-0.3, -0.25) is 10.1 Å². The first-order valence-electron chi connectivity index (χ1n) is 8.67. The molecule has 0 radical (unpaired) electrons. The minimum Gasteiger partial charge on any atom is -0.322 e. The molecule has 0 saturated heterocycles. The number of amides is 1. The Morgan fingerprint density at radius 2 is 1.89 bits per heavy atom. The van der Waals surface area contributed by atoms with Gasteiger partial charge in [-0.25, -0.2) is 8.78 Å². The second kappa shape index (κ2) is 8.88. The molecule has 27 heavy (non-hydrogen) atoms. The van der Waals surface area contributed by atoms with E-state index in [0.717, 1.165) is 29.0 Å². The fourth-order valence-electron chi connectivity index (χ4n) is 2.76. The molecule has 2 aromatic carbocycles. The molecule has 2 N–H and O–H groups in total. The molecule has 0 aliphatic rings. The van der Waals surface area contributed by atoms with Gasteiger partial charge in [-0.1, -0.05) is 37.3 Å². The van der Waals surface area contributed by atoms with E-state index in [4.69, 9.17) is 0 Å². The number of aryl methyl sites for hydroxylation is 1. The van der Waals surface area contributed by atoms with Crippen molar-refractivity contribution in [2.24, 2.45) is 0 Å². The topological polar surface area (TPSA) is 41.1 Å². The average molecular weight is 386 g/mol. The number of carbonyl (C=O) groups excluding carboxylic acids is 1. The number of halogens is 2. The Kier molecular flexibility index (Phi) is 6.32. The van der Waals surface area contributed by atoms with Crippen LogP contribution in [-0.4, -0.2) is 12.5 Å². The molecule has 0 spiro atoms. The van der Waals surface area contributed by atoms with Crippen molar-refractivity contribution in [3.8, 4) is 0 Å². The van der Waals surface area contributed by atoms with E-state index in [-0.39, 0.29) is 18.3 Å². The van der Waals surface area contributed by atoms with Crippen molar-refractivity contribution >= 4 is 22.9 Å². The third-order valence-corrected chi connectivity index (χ3v) is 5.16. The van der Waals surface area contributed by atoms with Crippen molar-refractivity contribution in [1.82, 2.24) is 5.32 Å². The lowest BCUT2D eigenvalue weighted by Crippen LogP contribution is -2.31. The van der Waals surface area contributed by atoms with Gasteiger partial charge in [0.05, 0.1) is 18.3 Å². The number of rotatable bonds is 7. The first-order valence-corrected chi connectivity index (χ1v) is 9.55. The molecule has 1 amide bonds. The zero-order valence-corrected chi connectivity index (χ0v) is 15.7. The first kappa shape index (κ1) is 19.2. The van der Waals surface area contributed by atoms with Crippen molar-refractivity contribution in [3.63, 3.8) is 0 Å². The second-order valence-corrected chi connectivity index (χ2v) is 7.08. The highest BCUT2D eigenvalue weighted by molar-refractivity contribution is 7.10. The van der Waals surface area contributed by atoms with Gasteiger partial charge in [-0.15, -0.1) is 11.3 Å². The highest BCUT2D eigenvalue weighted by Gasteiger charge is 2.17. The van der Waals surface area contributed by atoms with Gasteiger partial charge in [0.25, 0.3) is 0 Å². The summed E-state index contributed by atoms with van der Waals surface area (Å²) in [7, 11) is 0. The average Bonchev–Trinajstić information content (AvgIpc) is 3.19. The number of hydrogen-bond acceptors (Lipinski definition) is 3. The molecule has 1 atom stereocenters. The minimum atomic E-state index is -0.798. The van der Waals surface area contributed by atoms with Gasteiger partial charge in [0.15, 0.2) is 0 Å². The Hall–Kier alpha value is -2.57. The molecule has 140 valence electrons. The predicted octanol–water partition coefficient (Wildman–Crippen LogP) is 4.91. The molecule has 0 fully saturated rings. The lowest BCUT2D eigenvalue weighted by molar-refractivity contribution is -0.115. The van der Waals surface area contributed by atoms with Gasteiger partial charge in [0.2, 0.25) is 5.91 Å². The molecule has 3 aromatic rings. The number of nitrogens with one attached hydrogen (secondary N) is 2. The smallest absolute Gasteiger partial charge is 0.238 e. The number of anilines is 1. The molecular formula is C21H20F2N2OS. The standard InChI is InChI=1S/C21H20F2N2OS/c1-2-14-5-7-15(8-6-14)21(19-4-3-11-27-19)24-13-20(26)25-18-10-9-16(22)12-17(18)23/h3-12,21,24H,2,13H2,1H3,(H,25,26)/t21-/m1/s1. The summed E-state index contributed by atoms with van der Waals surface area (Å²) in [6.45, 7) is 2.10. The predicted molar refractivity (Wildman–Crippen MR) is 105 cm³/mol. The van der Waals surface area contributed by atoms with E-state index in [1.165, 1.54) is 11.6 Å². The van der Waals surface area contributed by atoms with Gasteiger partial charge in [0.1, 0.15) is 11.6 Å². The van der Waals surface area contributed by atoms with Crippen LogP contribution in [0.3, 0.4) is 0 Å². The van der Waals surface area contributed by atoms with Gasteiger partial charge in [0, 0.05) is 10.9 Å². The van der Waals surface area contributed by atoms with E-state index in [1.807, 2.05) is 29.6 Å². The quantitative estimate of drug-likeness (QED) is 0.606. The monoisotopic (exact) mass is 386 g/mol. The van der Waals surface area contributed by atoms with Crippen molar-refractivity contribution in [3.05, 3.63) is 87.6 Å². The van der Waals surface area contributed by atoms with Crippen LogP contribution in [0.15, 0.2) is 60.0 Å². The van der Waals surface area contributed by atoms with E-state index in [1.54, 1.807) is 11.3 Å². The van der Waals surface area contributed by atoms with Crippen LogP contribution in [0.1, 0.15) is 29.0 Å². The summed E-state index contributed by atoms with van der Waals surface area (Å²) < 4.78 is 26.7. The SMILES string of the molecule is CCc1ccc([C@@H](NCC(=O)Nc2ccc(F)cc2F)c2cccs2)cc1. The minimum absolute atomic E-state index is 0.00505. The Bertz CT molecular complexity index is 895. The maximum Gasteiger partial charge on any atom is 0.238 e. The van der Waals surface area contributed by atoms with Crippen LogP contribution in [0.5, 0.6) is 0 Å². The zero-order valence-electron chi connectivity index (χ0n) is 14.8.